The zero-order valence-electron chi connectivity index (χ0n) is 16.7. The van der Waals surface area contributed by atoms with Crippen LogP contribution in [0.15, 0.2) is 59.6 Å². The van der Waals surface area contributed by atoms with Crippen molar-refractivity contribution in [2.45, 2.75) is 24.8 Å². The molecule has 6 nitrogen and oxygen atoms in total. The number of rotatable bonds is 5. The summed E-state index contributed by atoms with van der Waals surface area (Å²) in [5.41, 5.74) is 2.69. The van der Waals surface area contributed by atoms with Crippen molar-refractivity contribution in [3.63, 3.8) is 0 Å². The topological polar surface area (TPSA) is 74.7 Å². The molecule has 7 heteroatoms. The maximum atomic E-state index is 13.1. The number of benzene rings is 2. The molecule has 0 aliphatic carbocycles. The van der Waals surface area contributed by atoms with Crippen LogP contribution >= 0.6 is 0 Å². The van der Waals surface area contributed by atoms with Crippen LogP contribution < -0.4 is 4.90 Å². The van der Waals surface area contributed by atoms with Crippen molar-refractivity contribution in [1.82, 2.24) is 9.29 Å². The molecule has 0 radical (unpaired) electrons. The molecule has 1 aliphatic rings. The van der Waals surface area contributed by atoms with E-state index in [1.165, 1.54) is 4.31 Å². The first-order valence-electron chi connectivity index (χ1n) is 9.89. The predicted molar refractivity (Wildman–Crippen MR) is 113 cm³/mol. The Morgan fingerprint density at radius 1 is 1.07 bits per heavy atom. The summed E-state index contributed by atoms with van der Waals surface area (Å²) in [6.45, 7) is 5.92. The van der Waals surface area contributed by atoms with Crippen molar-refractivity contribution >= 4 is 26.7 Å². The average Bonchev–Trinajstić information content (AvgIpc) is 3.17. The lowest BCUT2D eigenvalue weighted by Gasteiger charge is -2.34. The van der Waals surface area contributed by atoms with Crippen molar-refractivity contribution in [2.24, 2.45) is 0 Å². The number of Topliss-reactive ketones (excluding diaryl/α,β-unsaturated/α-hetero) is 1. The van der Waals surface area contributed by atoms with E-state index in [2.05, 4.69) is 4.98 Å². The number of ketones is 1. The summed E-state index contributed by atoms with van der Waals surface area (Å²) in [7, 11) is -3.49. The number of carbonyl (C=O) groups excluding carboxylic acids is 1. The largest absolute Gasteiger partial charge is 0.360 e. The highest BCUT2D eigenvalue weighted by molar-refractivity contribution is 7.89. The zero-order valence-corrected chi connectivity index (χ0v) is 17.5. The maximum absolute atomic E-state index is 13.1. The van der Waals surface area contributed by atoms with Crippen LogP contribution in [0, 0.1) is 6.92 Å². The Kier molecular flexibility index (Phi) is 5.29. The molecule has 1 aromatic heterocycles. The molecule has 0 bridgehead atoms. The number of sulfonamides is 1. The van der Waals surface area contributed by atoms with Crippen LogP contribution in [-0.4, -0.2) is 55.7 Å². The van der Waals surface area contributed by atoms with Gasteiger partial charge in [0.2, 0.25) is 15.8 Å². The van der Waals surface area contributed by atoms with Gasteiger partial charge in [-0.2, -0.15) is 4.31 Å². The Hall–Kier alpha value is -2.48. The quantitative estimate of drug-likeness (QED) is 0.626. The van der Waals surface area contributed by atoms with Gasteiger partial charge in [0.15, 0.2) is 0 Å². The molecule has 2 aromatic carbocycles. The number of piperazine rings is 1. The van der Waals surface area contributed by atoms with Crippen LogP contribution in [0.4, 0.5) is 0 Å². The van der Waals surface area contributed by atoms with E-state index in [0.717, 1.165) is 21.4 Å². The third-order valence-corrected chi connectivity index (χ3v) is 7.80. The monoisotopic (exact) mass is 412 g/mol. The molecule has 1 aliphatic heterocycles. The van der Waals surface area contributed by atoms with E-state index in [4.69, 9.17) is 0 Å². The van der Waals surface area contributed by atoms with Gasteiger partial charge in [0, 0.05) is 22.7 Å². The summed E-state index contributed by atoms with van der Waals surface area (Å²) >= 11 is 0. The number of quaternary nitrogens is 1. The number of para-hydroxylation sites is 1. The first-order chi connectivity index (χ1) is 13.9. The van der Waals surface area contributed by atoms with Crippen LogP contribution in [0.3, 0.4) is 0 Å². The molecule has 0 unspecified atom stereocenters. The molecular formula is C22H26N3O3S+. The van der Waals surface area contributed by atoms with Crippen molar-refractivity contribution in [3.05, 3.63) is 65.9 Å². The minimum atomic E-state index is -3.49. The normalized spacial score (nSPS) is 17.4. The van der Waals surface area contributed by atoms with E-state index in [1.807, 2.05) is 50.2 Å². The molecule has 3 aromatic rings. The smallest absolute Gasteiger partial charge is 0.243 e. The molecule has 1 fully saturated rings. The van der Waals surface area contributed by atoms with E-state index in [-0.39, 0.29) is 11.8 Å². The number of aromatic nitrogens is 1. The van der Waals surface area contributed by atoms with Gasteiger partial charge in [-0.1, -0.05) is 35.9 Å². The number of hydrogen-bond acceptors (Lipinski definition) is 3. The molecule has 2 heterocycles. The standard InChI is InChI=1S/C22H25N3O3S/c1-16-7-9-18(10-8-16)29(27,28)25-13-11-24(12-14-25)17(2)22(26)20-15-23-21-6-4-3-5-19(20)21/h3-10,15,17,23H,11-14H2,1-2H3/p+1/t17-/m1/s1. The molecule has 29 heavy (non-hydrogen) atoms. The van der Waals surface area contributed by atoms with Gasteiger partial charge in [0.1, 0.15) is 6.04 Å². The lowest BCUT2D eigenvalue weighted by Crippen LogP contribution is -3.18. The van der Waals surface area contributed by atoms with E-state index >= 15 is 0 Å². The summed E-state index contributed by atoms with van der Waals surface area (Å²) in [5.74, 6) is 0.0901. The number of H-pyrrole nitrogens is 1. The Bertz CT molecular complexity index is 1130. The fourth-order valence-electron chi connectivity index (χ4n) is 4.00. The van der Waals surface area contributed by atoms with E-state index in [0.29, 0.717) is 36.6 Å². The Balaban J connectivity index is 1.45. The zero-order chi connectivity index (χ0) is 20.6. The van der Waals surface area contributed by atoms with Crippen LogP contribution in [0.5, 0.6) is 0 Å². The van der Waals surface area contributed by atoms with Crippen molar-refractivity contribution in [1.29, 1.82) is 0 Å². The summed E-state index contributed by atoms with van der Waals surface area (Å²) in [6.07, 6.45) is 1.78. The number of aromatic amines is 1. The highest BCUT2D eigenvalue weighted by Gasteiger charge is 2.35. The van der Waals surface area contributed by atoms with Crippen LogP contribution in [0.2, 0.25) is 0 Å². The summed E-state index contributed by atoms with van der Waals surface area (Å²) in [5, 5.41) is 0.935. The maximum Gasteiger partial charge on any atom is 0.243 e. The predicted octanol–water partition coefficient (Wildman–Crippen LogP) is 1.64. The summed E-state index contributed by atoms with van der Waals surface area (Å²) < 4.78 is 27.3. The molecule has 0 saturated carbocycles. The Morgan fingerprint density at radius 2 is 1.72 bits per heavy atom. The van der Waals surface area contributed by atoms with E-state index in [1.54, 1.807) is 18.3 Å². The van der Waals surface area contributed by atoms with Gasteiger partial charge in [-0.3, -0.25) is 4.79 Å². The van der Waals surface area contributed by atoms with Crippen LogP contribution in [0.1, 0.15) is 22.8 Å². The van der Waals surface area contributed by atoms with Gasteiger partial charge in [-0.25, -0.2) is 8.42 Å². The second-order valence-corrected chi connectivity index (χ2v) is 9.65. The first-order valence-corrected chi connectivity index (χ1v) is 11.3. The molecule has 1 atom stereocenters. The lowest BCUT2D eigenvalue weighted by molar-refractivity contribution is -0.917. The van der Waals surface area contributed by atoms with Crippen LogP contribution in [0.25, 0.3) is 10.9 Å². The number of aryl methyl sites for hydroxylation is 1. The van der Waals surface area contributed by atoms with E-state index in [9.17, 15) is 13.2 Å². The van der Waals surface area contributed by atoms with Gasteiger partial charge in [-0.05, 0) is 32.0 Å². The molecule has 1 saturated heterocycles. The first kappa shape index (κ1) is 19.8. The van der Waals surface area contributed by atoms with Crippen molar-refractivity contribution in [3.8, 4) is 0 Å². The number of hydrogen-bond donors (Lipinski definition) is 2. The molecule has 4 rings (SSSR count). The summed E-state index contributed by atoms with van der Waals surface area (Å²) in [6, 6.07) is 14.5. The molecule has 0 amide bonds. The average molecular weight is 413 g/mol. The molecule has 2 N–H and O–H groups in total. The van der Waals surface area contributed by atoms with E-state index < -0.39 is 10.0 Å². The fraction of sp³-hybridized carbons (Fsp3) is 0.318. The lowest BCUT2D eigenvalue weighted by atomic mass is 10.0. The Labute approximate surface area is 171 Å². The third-order valence-electron chi connectivity index (χ3n) is 5.88. The van der Waals surface area contributed by atoms with Crippen LogP contribution in [-0.2, 0) is 10.0 Å². The van der Waals surface area contributed by atoms with Gasteiger partial charge in [0.05, 0.1) is 31.1 Å². The number of carbonyl (C=O) groups is 1. The van der Waals surface area contributed by atoms with Gasteiger partial charge in [0.25, 0.3) is 0 Å². The number of nitrogens with zero attached hydrogens (tertiary/aromatic N) is 1. The third kappa shape index (κ3) is 3.73. The van der Waals surface area contributed by atoms with Gasteiger partial charge < -0.3 is 9.88 Å². The minimum absolute atomic E-state index is 0.0901. The molecule has 152 valence electrons. The molecular weight excluding hydrogens is 386 g/mol. The number of nitrogens with one attached hydrogen (secondary N) is 2. The minimum Gasteiger partial charge on any atom is -0.360 e. The highest BCUT2D eigenvalue weighted by atomic mass is 32.2. The SMILES string of the molecule is Cc1ccc(S(=O)(=O)N2CC[NH+]([C@H](C)C(=O)c3c[nH]c4ccccc34)CC2)cc1. The Morgan fingerprint density at radius 3 is 2.41 bits per heavy atom. The van der Waals surface area contributed by atoms with Gasteiger partial charge >= 0.3 is 0 Å². The highest BCUT2D eigenvalue weighted by Crippen LogP contribution is 2.19. The second kappa shape index (κ2) is 7.74. The number of fused-ring (bicyclic) bond motifs is 1. The molecule has 0 spiro atoms. The van der Waals surface area contributed by atoms with Crippen molar-refractivity contribution in [2.75, 3.05) is 26.2 Å². The summed E-state index contributed by atoms with van der Waals surface area (Å²) in [4.78, 5) is 17.7. The second-order valence-electron chi connectivity index (χ2n) is 7.71. The van der Waals surface area contributed by atoms with Crippen molar-refractivity contribution < 1.29 is 18.1 Å². The van der Waals surface area contributed by atoms with Gasteiger partial charge in [-0.15, -0.1) is 0 Å². The fourth-order valence-corrected chi connectivity index (χ4v) is 5.44.